The fourth-order valence-electron chi connectivity index (χ4n) is 4.58. The van der Waals surface area contributed by atoms with Crippen LogP contribution in [0.4, 0.5) is 5.69 Å². The molecule has 34 heavy (non-hydrogen) atoms. The highest BCUT2D eigenvalue weighted by molar-refractivity contribution is 7.85. The Labute approximate surface area is 203 Å². The lowest BCUT2D eigenvalue weighted by Crippen LogP contribution is -2.37. The molecule has 0 spiro atoms. The summed E-state index contributed by atoms with van der Waals surface area (Å²) >= 11 is 0. The number of rotatable bonds is 10. The van der Waals surface area contributed by atoms with E-state index in [4.69, 9.17) is 4.74 Å². The maximum Gasteiger partial charge on any atom is 0.294 e. The summed E-state index contributed by atoms with van der Waals surface area (Å²) in [6.45, 7) is 7.43. The summed E-state index contributed by atoms with van der Waals surface area (Å²) in [4.78, 5) is 12.2. The van der Waals surface area contributed by atoms with E-state index >= 15 is 0 Å². The Kier molecular flexibility index (Phi) is 9.10. The number of hydrogen-bond donors (Lipinski definition) is 3. The van der Waals surface area contributed by atoms with Gasteiger partial charge in [0.25, 0.3) is 10.1 Å². The molecule has 186 valence electrons. The van der Waals surface area contributed by atoms with Crippen LogP contribution in [0.15, 0.2) is 53.4 Å². The molecule has 3 atom stereocenters. The van der Waals surface area contributed by atoms with Gasteiger partial charge in [-0.15, -0.1) is 0 Å². The lowest BCUT2D eigenvalue weighted by atomic mass is 9.75. The Hall–Kier alpha value is -2.42. The molecule has 0 unspecified atom stereocenters. The van der Waals surface area contributed by atoms with Crippen LogP contribution in [-0.4, -0.2) is 31.6 Å². The fraction of sp³-hybridized carbons (Fsp3) is 0.500. The molecule has 1 aliphatic rings. The van der Waals surface area contributed by atoms with Crippen LogP contribution in [0.5, 0.6) is 0 Å². The van der Waals surface area contributed by atoms with Crippen molar-refractivity contribution in [2.24, 2.45) is 17.8 Å². The topological polar surface area (TPSA) is 105 Å². The van der Waals surface area contributed by atoms with Gasteiger partial charge >= 0.3 is 0 Å². The third kappa shape index (κ3) is 7.55. The number of benzene rings is 2. The van der Waals surface area contributed by atoms with Crippen LogP contribution in [0.2, 0.25) is 0 Å². The molecule has 1 aliphatic carbocycles. The quantitative estimate of drug-likeness (QED) is 0.421. The van der Waals surface area contributed by atoms with Gasteiger partial charge in [0.1, 0.15) is 6.61 Å². The van der Waals surface area contributed by atoms with Gasteiger partial charge in [-0.3, -0.25) is 9.35 Å². The Balaban J connectivity index is 1.46. The Morgan fingerprint density at radius 3 is 2.47 bits per heavy atom. The van der Waals surface area contributed by atoms with Gasteiger partial charge < -0.3 is 15.4 Å². The summed E-state index contributed by atoms with van der Waals surface area (Å²) in [5, 5.41) is 6.07. The summed E-state index contributed by atoms with van der Waals surface area (Å²) in [6.07, 6.45) is 3.55. The summed E-state index contributed by atoms with van der Waals surface area (Å²) in [7, 11) is -4.27. The number of carbonyl (C=O) groups is 1. The summed E-state index contributed by atoms with van der Waals surface area (Å²) in [5.41, 5.74) is 2.23. The van der Waals surface area contributed by atoms with E-state index in [9.17, 15) is 17.8 Å². The van der Waals surface area contributed by atoms with Gasteiger partial charge in [-0.25, -0.2) is 0 Å². The molecule has 3 N–H and O–H groups in total. The molecule has 0 heterocycles. The molecule has 7 nitrogen and oxygen atoms in total. The smallest absolute Gasteiger partial charge is 0.294 e. The van der Waals surface area contributed by atoms with E-state index in [2.05, 4.69) is 31.4 Å². The van der Waals surface area contributed by atoms with Crippen LogP contribution in [-0.2, 0) is 32.7 Å². The van der Waals surface area contributed by atoms with Crippen molar-refractivity contribution in [1.82, 2.24) is 5.32 Å². The second-order valence-corrected chi connectivity index (χ2v) is 11.0. The molecule has 0 saturated heterocycles. The number of hydrogen-bond acceptors (Lipinski definition) is 5. The van der Waals surface area contributed by atoms with Crippen molar-refractivity contribution in [3.8, 4) is 0 Å². The van der Waals surface area contributed by atoms with Gasteiger partial charge in [0, 0.05) is 18.8 Å². The first-order chi connectivity index (χ1) is 16.1. The van der Waals surface area contributed by atoms with E-state index in [0.717, 1.165) is 24.1 Å². The van der Waals surface area contributed by atoms with Gasteiger partial charge in [0.2, 0.25) is 5.91 Å². The van der Waals surface area contributed by atoms with Crippen LogP contribution >= 0.6 is 0 Å². The highest BCUT2D eigenvalue weighted by Gasteiger charge is 2.31. The van der Waals surface area contributed by atoms with Crippen molar-refractivity contribution in [1.29, 1.82) is 0 Å². The van der Waals surface area contributed by atoms with Gasteiger partial charge in [0.15, 0.2) is 0 Å². The zero-order valence-electron chi connectivity index (χ0n) is 20.2. The molecule has 1 saturated carbocycles. The van der Waals surface area contributed by atoms with Crippen molar-refractivity contribution in [2.75, 3.05) is 11.9 Å². The molecule has 8 heteroatoms. The number of ether oxygens (including phenoxy) is 1. The minimum atomic E-state index is -4.27. The first kappa shape index (κ1) is 26.2. The van der Waals surface area contributed by atoms with E-state index in [1.54, 1.807) is 18.2 Å². The highest BCUT2D eigenvalue weighted by Crippen LogP contribution is 2.35. The van der Waals surface area contributed by atoms with Crippen LogP contribution in [0.1, 0.15) is 51.2 Å². The maximum atomic E-state index is 12.3. The molecule has 2 aromatic carbocycles. The Morgan fingerprint density at radius 2 is 1.79 bits per heavy atom. The van der Waals surface area contributed by atoms with Crippen molar-refractivity contribution in [3.05, 3.63) is 59.7 Å². The van der Waals surface area contributed by atoms with E-state index in [-0.39, 0.29) is 30.1 Å². The van der Waals surface area contributed by atoms with Crippen molar-refractivity contribution < 1.29 is 22.5 Å². The van der Waals surface area contributed by atoms with Crippen LogP contribution in [0, 0.1) is 17.8 Å². The Morgan fingerprint density at radius 1 is 1.09 bits per heavy atom. The van der Waals surface area contributed by atoms with E-state index in [1.165, 1.54) is 12.5 Å². The summed E-state index contributed by atoms with van der Waals surface area (Å²) in [5.74, 6) is 1.57. The standard InChI is InChI=1S/C26H36N2O5S/c1-18(2)23-13-8-19(3)14-24(23)33-17-26(29)28-15-20-9-11-22(12-10-20)27-16-21-6-4-5-7-25(21)34(30,31)32/h4-7,9-12,18-19,23-24,27H,8,13-17H2,1-3H3,(H,28,29)(H,30,31,32)/t19-,23+,24-/m1/s1. The molecule has 1 amide bonds. The number of carbonyl (C=O) groups excluding carboxylic acids is 1. The highest BCUT2D eigenvalue weighted by atomic mass is 32.2. The van der Waals surface area contributed by atoms with Crippen molar-refractivity contribution in [3.63, 3.8) is 0 Å². The molecule has 2 aromatic rings. The minimum Gasteiger partial charge on any atom is -0.381 e. The molecular formula is C26H36N2O5S. The van der Waals surface area contributed by atoms with Gasteiger partial charge in [-0.05, 0) is 59.9 Å². The third-order valence-corrected chi connectivity index (χ3v) is 7.52. The molecule has 0 bridgehead atoms. The third-order valence-electron chi connectivity index (χ3n) is 6.57. The lowest BCUT2D eigenvalue weighted by Gasteiger charge is -2.37. The molecule has 0 aliphatic heterocycles. The van der Waals surface area contributed by atoms with Crippen LogP contribution < -0.4 is 10.6 Å². The fourth-order valence-corrected chi connectivity index (χ4v) is 5.30. The normalized spacial score (nSPS) is 20.8. The summed E-state index contributed by atoms with van der Waals surface area (Å²) in [6, 6.07) is 13.8. The molecule has 1 fully saturated rings. The van der Waals surface area contributed by atoms with E-state index in [1.807, 2.05) is 24.3 Å². The van der Waals surface area contributed by atoms with Gasteiger partial charge in [0.05, 0.1) is 11.0 Å². The predicted octanol–water partition coefficient (Wildman–Crippen LogP) is 4.64. The molecular weight excluding hydrogens is 452 g/mol. The van der Waals surface area contributed by atoms with E-state index < -0.39 is 10.1 Å². The van der Waals surface area contributed by atoms with E-state index in [0.29, 0.717) is 29.9 Å². The van der Waals surface area contributed by atoms with Gasteiger partial charge in [-0.2, -0.15) is 8.42 Å². The monoisotopic (exact) mass is 488 g/mol. The number of amides is 1. The molecule has 0 aromatic heterocycles. The Bertz CT molecular complexity index is 1050. The second-order valence-electron chi connectivity index (χ2n) is 9.59. The lowest BCUT2D eigenvalue weighted by molar-refractivity contribution is -0.131. The maximum absolute atomic E-state index is 12.3. The average molecular weight is 489 g/mol. The van der Waals surface area contributed by atoms with Crippen LogP contribution in [0.25, 0.3) is 0 Å². The van der Waals surface area contributed by atoms with Crippen LogP contribution in [0.3, 0.4) is 0 Å². The predicted molar refractivity (Wildman–Crippen MR) is 133 cm³/mol. The van der Waals surface area contributed by atoms with Crippen molar-refractivity contribution >= 4 is 21.7 Å². The minimum absolute atomic E-state index is 0.0768. The molecule has 3 rings (SSSR count). The summed E-state index contributed by atoms with van der Waals surface area (Å²) < 4.78 is 38.4. The zero-order valence-corrected chi connectivity index (χ0v) is 21.0. The van der Waals surface area contributed by atoms with Crippen molar-refractivity contribution in [2.45, 2.75) is 64.1 Å². The SMILES string of the molecule is CC(C)[C@@H]1CC[C@@H](C)C[C@H]1OCC(=O)NCc1ccc(NCc2ccccc2S(=O)(=O)O)cc1. The molecule has 0 radical (unpaired) electrons. The zero-order chi connectivity index (χ0) is 24.7. The average Bonchev–Trinajstić information content (AvgIpc) is 2.80. The number of nitrogens with one attached hydrogen (secondary N) is 2. The first-order valence-electron chi connectivity index (χ1n) is 11.9. The number of anilines is 1. The second kappa shape index (κ2) is 11.8. The van der Waals surface area contributed by atoms with Gasteiger partial charge in [-0.1, -0.05) is 57.5 Å². The first-order valence-corrected chi connectivity index (χ1v) is 13.3. The largest absolute Gasteiger partial charge is 0.381 e.